The van der Waals surface area contributed by atoms with E-state index in [-0.39, 0.29) is 158 Å². The normalized spacial score (nSPS) is 13.3. The second-order valence-corrected chi connectivity index (χ2v) is 18.6. The first kappa shape index (κ1) is 67.7. The molecule has 0 unspecified atom stereocenters. The van der Waals surface area contributed by atoms with Gasteiger partial charge in [0.15, 0.2) is 35.8 Å². The lowest BCUT2D eigenvalue weighted by molar-refractivity contribution is -0.142. The van der Waals surface area contributed by atoms with Gasteiger partial charge in [-0.2, -0.15) is 0 Å². The van der Waals surface area contributed by atoms with E-state index in [1.807, 2.05) is 24.3 Å². The van der Waals surface area contributed by atoms with Gasteiger partial charge in [0.05, 0.1) is 6.04 Å². The van der Waals surface area contributed by atoms with Crippen LogP contribution >= 0.6 is 0 Å². The summed E-state index contributed by atoms with van der Waals surface area (Å²) < 4.78 is 0. The fraction of sp³-hybridized carbons (Fsp3) is 0.553. The lowest BCUT2D eigenvalue weighted by atomic mass is 10.0. The van der Waals surface area contributed by atoms with E-state index in [0.29, 0.717) is 0 Å². The lowest BCUT2D eigenvalue weighted by Crippen LogP contribution is -2.60. The highest BCUT2D eigenvalue weighted by molar-refractivity contribution is 5.97. The molecule has 6 amide bonds. The Kier molecular flexibility index (Phi) is 30.7. The van der Waals surface area contributed by atoms with Crippen LogP contribution in [0.3, 0.4) is 0 Å². The van der Waals surface area contributed by atoms with Crippen molar-refractivity contribution in [3.8, 4) is 0 Å². The van der Waals surface area contributed by atoms with Crippen molar-refractivity contribution in [2.75, 3.05) is 39.3 Å². The van der Waals surface area contributed by atoms with Crippen LogP contribution in [-0.2, 0) is 40.0 Å². The number of hydrogen-bond donors (Lipinski definition) is 21. The fourth-order valence-corrected chi connectivity index (χ4v) is 7.89. The van der Waals surface area contributed by atoms with Gasteiger partial charge in [-0.05, 0) is 95.1 Å². The second kappa shape index (κ2) is 36.7. The molecule has 1 aromatic carbocycles. The van der Waals surface area contributed by atoms with Gasteiger partial charge in [0, 0.05) is 56.4 Å². The zero-order valence-electron chi connectivity index (χ0n) is 45.4. The molecule has 0 aliphatic rings. The van der Waals surface area contributed by atoms with E-state index in [1.54, 1.807) is 6.20 Å². The molecule has 34 heteroatoms. The van der Waals surface area contributed by atoms with Crippen molar-refractivity contribution in [3.05, 3.63) is 36.0 Å². The summed E-state index contributed by atoms with van der Waals surface area (Å²) in [5.41, 5.74) is 74.1. The van der Waals surface area contributed by atoms with Crippen molar-refractivity contribution in [3.63, 3.8) is 0 Å². The Morgan fingerprint density at radius 2 is 0.667 bits per heavy atom. The molecule has 0 fully saturated rings. The number of para-hydroxylation sites is 1. The minimum Gasteiger partial charge on any atom is -0.480 e. The Bertz CT molecular complexity index is 2540. The van der Waals surface area contributed by atoms with Gasteiger partial charge < -0.3 is 117 Å². The van der Waals surface area contributed by atoms with Crippen LogP contribution in [0.4, 0.5) is 0 Å². The summed E-state index contributed by atoms with van der Waals surface area (Å²) >= 11 is 0. The largest absolute Gasteiger partial charge is 0.480 e. The average Bonchev–Trinajstić information content (AvgIpc) is 3.83. The summed E-state index contributed by atoms with van der Waals surface area (Å²) in [5.74, 6) is -7.83. The standard InChI is InChI=1S/C47H84N26O8/c48-27(23-25-24-67-28-10-2-1-9-26(25)28)35(74)68-29(11-3-17-61-42(49)50)36(75)69-30(12-4-18-62-43(51)52)37(76)70-31(13-5-19-63-44(53)54)38(77)71-32(14-6-20-64-45(55)56)39(78)72-33(15-7-21-65-46(57)58)40(79)73-34(41(80)81)16-8-22-66-47(59)60/h1-2,9-10,24,27,29-34,67H,3-8,11-23,48H2,(H,68,74)(H,69,75)(H,70,76)(H,71,77)(H,72,78)(H,73,79)(H,80,81)(H4,49,50,61)(H4,51,52,62)(H4,53,54,63)(H4,55,56,64)(H4,57,58,65)(H4,59,60,66)/t27-,29-,30-,31-,32-,33-,34-/m0/s1. The number of aromatic nitrogens is 1. The number of nitrogens with two attached hydrogens (primary N) is 13. The zero-order chi connectivity index (χ0) is 60.4. The third kappa shape index (κ3) is 28.2. The molecular weight excluding hydrogens is 1060 g/mol. The maximum Gasteiger partial charge on any atom is 0.326 e. The van der Waals surface area contributed by atoms with E-state index in [9.17, 15) is 38.7 Å². The van der Waals surface area contributed by atoms with Crippen LogP contribution in [0.2, 0.25) is 0 Å². The third-order valence-electron chi connectivity index (χ3n) is 11.9. The molecule has 0 saturated carbocycles. The van der Waals surface area contributed by atoms with Crippen LogP contribution in [0.25, 0.3) is 10.9 Å². The SMILES string of the molecule is NC(N)=NCCC[C@H](NC(=O)[C@H](CCCN=C(N)N)NC(=O)[C@H](CCCN=C(N)N)NC(=O)[C@H](CCCN=C(N)N)NC(=O)[C@H](CCCN=C(N)N)NC(=O)[C@H](CCCN=C(N)N)NC(=O)[C@@H](N)Cc1c[nH]c2ccccc12)C(=O)O. The number of amides is 6. The topological polar surface area (TPSA) is 640 Å². The number of carbonyl (C=O) groups excluding carboxylic acids is 6. The summed E-state index contributed by atoms with van der Waals surface area (Å²) in [4.78, 5) is 124. The Balaban J connectivity index is 2.56. The predicted molar refractivity (Wildman–Crippen MR) is 309 cm³/mol. The second-order valence-electron chi connectivity index (χ2n) is 18.6. The monoisotopic (exact) mass is 1140 g/mol. The number of carboxylic acids is 1. The number of H-pyrrole nitrogens is 1. The molecule has 0 bridgehead atoms. The van der Waals surface area contributed by atoms with Crippen molar-refractivity contribution in [2.45, 2.75) is 126 Å². The Labute approximate surface area is 468 Å². The van der Waals surface area contributed by atoms with Crippen molar-refractivity contribution < 1.29 is 38.7 Å². The highest BCUT2D eigenvalue weighted by Crippen LogP contribution is 2.19. The van der Waals surface area contributed by atoms with Gasteiger partial charge in [-0.25, -0.2) is 4.79 Å². The molecule has 2 aromatic rings. The molecule has 34 nitrogen and oxygen atoms in total. The first-order chi connectivity index (χ1) is 38.4. The molecule has 2 rings (SSSR count). The van der Waals surface area contributed by atoms with Crippen molar-refractivity contribution >= 4 is 88.1 Å². The highest BCUT2D eigenvalue weighted by atomic mass is 16.4. The van der Waals surface area contributed by atoms with E-state index in [1.165, 1.54) is 0 Å². The highest BCUT2D eigenvalue weighted by Gasteiger charge is 2.34. The molecule has 0 aliphatic carbocycles. The van der Waals surface area contributed by atoms with Crippen LogP contribution in [-0.4, -0.2) is 169 Å². The third-order valence-corrected chi connectivity index (χ3v) is 11.9. The van der Waals surface area contributed by atoms with Gasteiger partial charge in [-0.3, -0.25) is 58.7 Å². The van der Waals surface area contributed by atoms with Crippen LogP contribution in [0, 0.1) is 0 Å². The molecule has 0 spiro atoms. The van der Waals surface area contributed by atoms with Crippen molar-refractivity contribution in [1.82, 2.24) is 36.9 Å². The molecule has 1 aromatic heterocycles. The Morgan fingerprint density at radius 1 is 0.407 bits per heavy atom. The molecule has 0 radical (unpaired) electrons. The number of fused-ring (bicyclic) bond motifs is 1. The van der Waals surface area contributed by atoms with Gasteiger partial charge in [-0.15, -0.1) is 0 Å². The molecule has 81 heavy (non-hydrogen) atoms. The average molecular weight is 1140 g/mol. The number of guanidine groups is 6. The lowest BCUT2D eigenvalue weighted by Gasteiger charge is -2.28. The van der Waals surface area contributed by atoms with E-state index < -0.39 is 83.7 Å². The number of nitrogens with zero attached hydrogens (tertiary/aromatic N) is 6. The number of hydrogen-bond acceptors (Lipinski definition) is 14. The summed E-state index contributed by atoms with van der Waals surface area (Å²) in [6.07, 6.45) is 2.04. The van der Waals surface area contributed by atoms with Gasteiger partial charge in [-0.1, -0.05) is 18.2 Å². The maximum atomic E-state index is 14.5. The summed E-state index contributed by atoms with van der Waals surface area (Å²) in [6, 6.07) is -2.11. The van der Waals surface area contributed by atoms with Crippen molar-refractivity contribution in [1.29, 1.82) is 0 Å². The maximum absolute atomic E-state index is 14.5. The molecule has 1 heterocycles. The van der Waals surface area contributed by atoms with E-state index in [2.05, 4.69) is 66.8 Å². The van der Waals surface area contributed by atoms with Crippen LogP contribution in [0.15, 0.2) is 60.4 Å². The quantitative estimate of drug-likeness (QED) is 0.0168. The Morgan fingerprint density at radius 3 is 0.951 bits per heavy atom. The summed E-state index contributed by atoms with van der Waals surface area (Å²) in [5, 5.41) is 26.6. The summed E-state index contributed by atoms with van der Waals surface area (Å²) in [7, 11) is 0. The minimum absolute atomic E-state index is 0.00374. The first-order valence-electron chi connectivity index (χ1n) is 26.1. The molecule has 7 atom stereocenters. The van der Waals surface area contributed by atoms with E-state index >= 15 is 0 Å². The molecule has 0 aliphatic heterocycles. The van der Waals surface area contributed by atoms with E-state index in [4.69, 9.17) is 74.5 Å². The smallest absolute Gasteiger partial charge is 0.326 e. The van der Waals surface area contributed by atoms with Gasteiger partial charge in [0.2, 0.25) is 35.4 Å². The molecule has 34 N–H and O–H groups in total. The number of nitrogens with one attached hydrogen (secondary N) is 7. The van der Waals surface area contributed by atoms with Gasteiger partial charge in [0.25, 0.3) is 0 Å². The fourth-order valence-electron chi connectivity index (χ4n) is 7.89. The predicted octanol–water partition coefficient (Wildman–Crippen LogP) is -7.65. The number of aromatic amines is 1. The van der Waals surface area contributed by atoms with Crippen molar-refractivity contribution in [2.24, 2.45) is 104 Å². The molecule has 450 valence electrons. The molecular formula is C47H84N26O8. The number of carboxylic acid groups (broad SMARTS) is 1. The molecule has 0 saturated heterocycles. The number of aliphatic imine (C=N–C) groups is 6. The van der Waals surface area contributed by atoms with Crippen LogP contribution in [0.1, 0.15) is 82.6 Å². The number of rotatable bonds is 39. The Hall–Kier alpha value is -9.37. The summed E-state index contributed by atoms with van der Waals surface area (Å²) in [6.45, 7) is 0.182. The van der Waals surface area contributed by atoms with Gasteiger partial charge >= 0.3 is 5.97 Å². The minimum atomic E-state index is -1.46. The number of aliphatic carboxylic acids is 1. The zero-order valence-corrected chi connectivity index (χ0v) is 45.4. The number of benzene rings is 1. The first-order valence-corrected chi connectivity index (χ1v) is 26.1. The number of carbonyl (C=O) groups is 7. The van der Waals surface area contributed by atoms with Gasteiger partial charge in [0.1, 0.15) is 36.3 Å². The van der Waals surface area contributed by atoms with Crippen LogP contribution < -0.4 is 106 Å². The van der Waals surface area contributed by atoms with Crippen LogP contribution in [0.5, 0.6) is 0 Å². The van der Waals surface area contributed by atoms with E-state index in [0.717, 1.165) is 16.5 Å².